The average molecular weight is 238 g/mol. The van der Waals surface area contributed by atoms with Crippen molar-refractivity contribution in [3.8, 4) is 0 Å². The molecule has 2 rings (SSSR count). The second-order valence-corrected chi connectivity index (χ2v) is 5.93. The summed E-state index contributed by atoms with van der Waals surface area (Å²) >= 11 is 1.86. The molecule has 1 aromatic rings. The Morgan fingerprint density at radius 3 is 3.00 bits per heavy atom. The molecular formula is C13H22N2S. The molecule has 0 aliphatic carbocycles. The molecule has 16 heavy (non-hydrogen) atoms. The van der Waals surface area contributed by atoms with Crippen LogP contribution in [0.25, 0.3) is 0 Å². The lowest BCUT2D eigenvalue weighted by molar-refractivity contribution is 0.196. The van der Waals surface area contributed by atoms with Gasteiger partial charge in [0, 0.05) is 30.1 Å². The highest BCUT2D eigenvalue weighted by Crippen LogP contribution is 2.16. The van der Waals surface area contributed by atoms with Gasteiger partial charge in [0.1, 0.15) is 0 Å². The number of thiophene rings is 1. The number of hydrogen-bond donors (Lipinski definition) is 1. The summed E-state index contributed by atoms with van der Waals surface area (Å²) in [4.78, 5) is 4.06. The predicted octanol–water partition coefficient (Wildman–Crippen LogP) is 2.71. The highest BCUT2D eigenvalue weighted by atomic mass is 32.1. The monoisotopic (exact) mass is 238 g/mol. The lowest BCUT2D eigenvalue weighted by Gasteiger charge is -2.28. The summed E-state index contributed by atoms with van der Waals surface area (Å²) in [5.41, 5.74) is 0. The maximum Gasteiger partial charge on any atom is 0.0331 e. The molecular weight excluding hydrogens is 216 g/mol. The molecule has 90 valence electrons. The molecule has 0 bridgehead atoms. The van der Waals surface area contributed by atoms with E-state index in [2.05, 4.69) is 41.6 Å². The number of nitrogens with zero attached hydrogens (tertiary/aromatic N) is 1. The van der Waals surface area contributed by atoms with Crippen molar-refractivity contribution in [3.05, 3.63) is 22.4 Å². The minimum absolute atomic E-state index is 0.629. The van der Waals surface area contributed by atoms with E-state index in [0.29, 0.717) is 12.1 Å². The Morgan fingerprint density at radius 2 is 2.44 bits per heavy atom. The minimum Gasteiger partial charge on any atom is -0.313 e. The first kappa shape index (κ1) is 12.1. The van der Waals surface area contributed by atoms with Crippen LogP contribution in [0.5, 0.6) is 0 Å². The van der Waals surface area contributed by atoms with Crippen LogP contribution in [0.1, 0.15) is 31.6 Å². The zero-order chi connectivity index (χ0) is 11.4. The summed E-state index contributed by atoms with van der Waals surface area (Å²) in [5, 5.41) is 5.75. The molecule has 1 aliphatic rings. The molecule has 0 saturated carbocycles. The fraction of sp³-hybridized carbons (Fsp3) is 0.692. The summed E-state index contributed by atoms with van der Waals surface area (Å²) in [7, 11) is 0. The Kier molecular flexibility index (Phi) is 4.38. The van der Waals surface area contributed by atoms with Crippen LogP contribution in [0.4, 0.5) is 0 Å². The zero-order valence-corrected chi connectivity index (χ0v) is 11.1. The first-order valence-corrected chi connectivity index (χ1v) is 7.13. The fourth-order valence-electron chi connectivity index (χ4n) is 2.26. The SMILES string of the molecule is CC(C)N(Cc1cccs1)CC1CCCN1. The third-order valence-corrected chi connectivity index (χ3v) is 4.15. The van der Waals surface area contributed by atoms with Gasteiger partial charge in [-0.25, -0.2) is 0 Å². The molecule has 0 spiro atoms. The predicted molar refractivity (Wildman–Crippen MR) is 70.9 cm³/mol. The molecule has 1 N–H and O–H groups in total. The Hall–Kier alpha value is -0.380. The van der Waals surface area contributed by atoms with E-state index in [-0.39, 0.29) is 0 Å². The minimum atomic E-state index is 0.629. The lowest BCUT2D eigenvalue weighted by atomic mass is 10.2. The summed E-state index contributed by atoms with van der Waals surface area (Å²) < 4.78 is 0. The number of hydrogen-bond acceptors (Lipinski definition) is 3. The van der Waals surface area contributed by atoms with Crippen LogP contribution in [-0.4, -0.2) is 30.1 Å². The molecule has 0 radical (unpaired) electrons. The van der Waals surface area contributed by atoms with E-state index in [1.165, 1.54) is 30.8 Å². The molecule has 0 amide bonds. The molecule has 0 aromatic carbocycles. The van der Waals surface area contributed by atoms with Gasteiger partial charge in [-0.2, -0.15) is 0 Å². The summed E-state index contributed by atoms with van der Waals surface area (Å²) in [6, 6.07) is 5.72. The molecule has 1 atom stereocenters. The van der Waals surface area contributed by atoms with Crippen molar-refractivity contribution in [2.24, 2.45) is 0 Å². The van der Waals surface area contributed by atoms with Gasteiger partial charge in [-0.05, 0) is 44.7 Å². The van der Waals surface area contributed by atoms with E-state index >= 15 is 0 Å². The van der Waals surface area contributed by atoms with E-state index in [1.807, 2.05) is 11.3 Å². The highest BCUT2D eigenvalue weighted by Gasteiger charge is 2.19. The average Bonchev–Trinajstić information content (AvgIpc) is 2.88. The highest BCUT2D eigenvalue weighted by molar-refractivity contribution is 7.09. The largest absolute Gasteiger partial charge is 0.313 e. The van der Waals surface area contributed by atoms with Gasteiger partial charge < -0.3 is 5.32 Å². The van der Waals surface area contributed by atoms with Crippen molar-refractivity contribution >= 4 is 11.3 Å². The molecule has 1 aliphatic heterocycles. The van der Waals surface area contributed by atoms with E-state index in [0.717, 1.165) is 6.54 Å². The Balaban J connectivity index is 1.89. The van der Waals surface area contributed by atoms with Crippen LogP contribution in [0.15, 0.2) is 17.5 Å². The smallest absolute Gasteiger partial charge is 0.0331 e. The quantitative estimate of drug-likeness (QED) is 0.848. The number of rotatable bonds is 5. The Morgan fingerprint density at radius 1 is 1.56 bits per heavy atom. The van der Waals surface area contributed by atoms with Gasteiger partial charge in [0.15, 0.2) is 0 Å². The van der Waals surface area contributed by atoms with Crippen LogP contribution < -0.4 is 5.32 Å². The maximum atomic E-state index is 3.58. The van der Waals surface area contributed by atoms with Crippen LogP contribution in [0.3, 0.4) is 0 Å². The molecule has 2 heterocycles. The Labute approximate surface area is 103 Å². The van der Waals surface area contributed by atoms with Gasteiger partial charge >= 0.3 is 0 Å². The summed E-state index contributed by atoms with van der Waals surface area (Å²) in [5.74, 6) is 0. The van der Waals surface area contributed by atoms with Gasteiger partial charge in [-0.1, -0.05) is 6.07 Å². The van der Waals surface area contributed by atoms with Gasteiger partial charge in [0.2, 0.25) is 0 Å². The fourth-order valence-corrected chi connectivity index (χ4v) is 2.99. The van der Waals surface area contributed by atoms with Crippen molar-refractivity contribution in [3.63, 3.8) is 0 Å². The normalized spacial score (nSPS) is 21.1. The van der Waals surface area contributed by atoms with Gasteiger partial charge in [0.25, 0.3) is 0 Å². The first-order valence-electron chi connectivity index (χ1n) is 6.25. The van der Waals surface area contributed by atoms with E-state index in [4.69, 9.17) is 0 Å². The van der Waals surface area contributed by atoms with Gasteiger partial charge in [-0.15, -0.1) is 11.3 Å². The molecule has 3 heteroatoms. The van der Waals surface area contributed by atoms with Crippen molar-refractivity contribution in [1.82, 2.24) is 10.2 Å². The standard InChI is InChI=1S/C13H22N2S/c1-11(2)15(9-12-5-3-7-14-12)10-13-6-4-8-16-13/h4,6,8,11-12,14H,3,5,7,9-10H2,1-2H3. The Bertz CT molecular complexity index is 289. The maximum absolute atomic E-state index is 3.58. The zero-order valence-electron chi connectivity index (χ0n) is 10.3. The van der Waals surface area contributed by atoms with Crippen molar-refractivity contribution in [2.45, 2.75) is 45.3 Å². The molecule has 2 nitrogen and oxygen atoms in total. The topological polar surface area (TPSA) is 15.3 Å². The van der Waals surface area contributed by atoms with Crippen molar-refractivity contribution in [2.75, 3.05) is 13.1 Å². The third kappa shape index (κ3) is 3.30. The lowest BCUT2D eigenvalue weighted by Crippen LogP contribution is -2.40. The summed E-state index contributed by atoms with van der Waals surface area (Å²) in [6.45, 7) is 8.09. The van der Waals surface area contributed by atoms with Crippen LogP contribution in [0.2, 0.25) is 0 Å². The molecule has 1 fully saturated rings. The molecule has 1 aromatic heterocycles. The van der Waals surface area contributed by atoms with E-state index < -0.39 is 0 Å². The first-order chi connectivity index (χ1) is 7.75. The van der Waals surface area contributed by atoms with E-state index in [9.17, 15) is 0 Å². The van der Waals surface area contributed by atoms with Crippen molar-refractivity contribution < 1.29 is 0 Å². The summed E-state index contributed by atoms with van der Waals surface area (Å²) in [6.07, 6.45) is 2.68. The number of nitrogens with one attached hydrogen (secondary N) is 1. The van der Waals surface area contributed by atoms with Crippen molar-refractivity contribution in [1.29, 1.82) is 0 Å². The molecule has 1 unspecified atom stereocenters. The van der Waals surface area contributed by atoms with Crippen LogP contribution in [0, 0.1) is 0 Å². The van der Waals surface area contributed by atoms with Crippen LogP contribution in [-0.2, 0) is 6.54 Å². The second kappa shape index (κ2) is 5.80. The van der Waals surface area contributed by atoms with Crippen LogP contribution >= 0.6 is 11.3 Å². The van der Waals surface area contributed by atoms with Gasteiger partial charge in [0.05, 0.1) is 0 Å². The molecule has 1 saturated heterocycles. The third-order valence-electron chi connectivity index (χ3n) is 3.29. The van der Waals surface area contributed by atoms with E-state index in [1.54, 1.807) is 0 Å². The second-order valence-electron chi connectivity index (χ2n) is 4.90. The van der Waals surface area contributed by atoms with Gasteiger partial charge in [-0.3, -0.25) is 4.90 Å².